The molecular weight excluding hydrogens is 331 g/mol. The zero-order valence-corrected chi connectivity index (χ0v) is 12.1. The number of aromatic nitrogens is 2. The normalized spacial score (nSPS) is 23.8. The van der Waals surface area contributed by atoms with Crippen LogP contribution in [0.1, 0.15) is 13.3 Å². The van der Waals surface area contributed by atoms with Crippen LogP contribution in [0.2, 0.25) is 0 Å². The van der Waals surface area contributed by atoms with Gasteiger partial charge < -0.3 is 10.2 Å². The molecule has 2 rings (SSSR count). The van der Waals surface area contributed by atoms with Crippen molar-refractivity contribution in [3.05, 3.63) is 16.1 Å². The lowest BCUT2D eigenvalue weighted by molar-refractivity contribution is -0.128. The second-order valence-corrected chi connectivity index (χ2v) is 5.67. The van der Waals surface area contributed by atoms with E-state index in [1.54, 1.807) is 19.6 Å². The SMILES string of the molecule is CNC(=O)C1(C)CCN(c2ncncc2I)C1. The maximum absolute atomic E-state index is 11.8. The van der Waals surface area contributed by atoms with Crippen LogP contribution < -0.4 is 10.2 Å². The molecule has 1 aromatic heterocycles. The van der Waals surface area contributed by atoms with Crippen molar-refractivity contribution < 1.29 is 4.79 Å². The molecule has 5 nitrogen and oxygen atoms in total. The number of anilines is 1. The summed E-state index contributed by atoms with van der Waals surface area (Å²) in [6.45, 7) is 3.57. The summed E-state index contributed by atoms with van der Waals surface area (Å²) in [5.41, 5.74) is -0.317. The summed E-state index contributed by atoms with van der Waals surface area (Å²) in [6, 6.07) is 0. The number of hydrogen-bond donors (Lipinski definition) is 1. The van der Waals surface area contributed by atoms with Gasteiger partial charge in [0.25, 0.3) is 0 Å². The first-order chi connectivity index (χ1) is 8.07. The van der Waals surface area contributed by atoms with Crippen molar-refractivity contribution in [1.82, 2.24) is 15.3 Å². The highest BCUT2D eigenvalue weighted by molar-refractivity contribution is 14.1. The van der Waals surface area contributed by atoms with Crippen LogP contribution in [-0.4, -0.2) is 36.0 Å². The Morgan fingerprint density at radius 2 is 2.41 bits per heavy atom. The van der Waals surface area contributed by atoms with E-state index in [0.717, 1.165) is 22.4 Å². The van der Waals surface area contributed by atoms with Crippen LogP contribution in [-0.2, 0) is 4.79 Å². The minimum absolute atomic E-state index is 0.101. The van der Waals surface area contributed by atoms with E-state index in [2.05, 4.69) is 42.8 Å². The second kappa shape index (κ2) is 4.75. The van der Waals surface area contributed by atoms with E-state index >= 15 is 0 Å². The van der Waals surface area contributed by atoms with Gasteiger partial charge in [-0.05, 0) is 35.9 Å². The molecule has 0 radical (unpaired) electrons. The van der Waals surface area contributed by atoms with Gasteiger partial charge in [0.2, 0.25) is 5.91 Å². The van der Waals surface area contributed by atoms with Crippen molar-refractivity contribution in [1.29, 1.82) is 0 Å². The lowest BCUT2D eigenvalue weighted by Crippen LogP contribution is -2.39. The molecule has 0 saturated carbocycles. The van der Waals surface area contributed by atoms with Crippen molar-refractivity contribution in [2.75, 3.05) is 25.0 Å². The third kappa shape index (κ3) is 2.36. The van der Waals surface area contributed by atoms with Crippen LogP contribution in [0.3, 0.4) is 0 Å². The van der Waals surface area contributed by atoms with Crippen molar-refractivity contribution in [3.8, 4) is 0 Å². The molecule has 1 N–H and O–H groups in total. The fraction of sp³-hybridized carbons (Fsp3) is 0.545. The van der Waals surface area contributed by atoms with E-state index in [-0.39, 0.29) is 11.3 Å². The first-order valence-corrected chi connectivity index (χ1v) is 6.57. The molecule has 2 heterocycles. The largest absolute Gasteiger partial charge is 0.359 e. The molecule has 1 atom stereocenters. The molecule has 1 unspecified atom stereocenters. The second-order valence-electron chi connectivity index (χ2n) is 4.51. The lowest BCUT2D eigenvalue weighted by atomic mass is 9.89. The molecule has 1 aromatic rings. The van der Waals surface area contributed by atoms with Crippen molar-refractivity contribution in [2.24, 2.45) is 5.41 Å². The van der Waals surface area contributed by atoms with Gasteiger partial charge in [0.1, 0.15) is 12.1 Å². The summed E-state index contributed by atoms with van der Waals surface area (Å²) < 4.78 is 1.02. The zero-order valence-electron chi connectivity index (χ0n) is 9.90. The first kappa shape index (κ1) is 12.5. The lowest BCUT2D eigenvalue weighted by Gasteiger charge is -2.23. The first-order valence-electron chi connectivity index (χ1n) is 5.49. The molecule has 1 amide bonds. The molecule has 0 bridgehead atoms. The van der Waals surface area contributed by atoms with Crippen molar-refractivity contribution in [2.45, 2.75) is 13.3 Å². The Balaban J connectivity index is 2.18. The number of carbonyl (C=O) groups excluding carboxylic acids is 1. The van der Waals surface area contributed by atoms with E-state index in [9.17, 15) is 4.79 Å². The number of nitrogens with one attached hydrogen (secondary N) is 1. The average Bonchev–Trinajstić information content (AvgIpc) is 2.72. The number of hydrogen-bond acceptors (Lipinski definition) is 4. The number of nitrogens with zero attached hydrogens (tertiary/aromatic N) is 3. The summed E-state index contributed by atoms with van der Waals surface area (Å²) in [7, 11) is 1.69. The Morgan fingerprint density at radius 3 is 3.06 bits per heavy atom. The Hall–Kier alpha value is -0.920. The third-order valence-corrected chi connectivity index (χ3v) is 3.96. The van der Waals surface area contributed by atoms with Crippen molar-refractivity contribution in [3.63, 3.8) is 0 Å². The highest BCUT2D eigenvalue weighted by Crippen LogP contribution is 2.33. The standard InChI is InChI=1S/C11H15IN4O/c1-11(10(17)13-2)3-4-16(6-11)9-8(12)5-14-7-15-9/h5,7H,3-4,6H2,1-2H3,(H,13,17). The monoisotopic (exact) mass is 346 g/mol. The average molecular weight is 346 g/mol. The molecule has 1 aliphatic rings. The Labute approximate surface area is 114 Å². The number of rotatable bonds is 2. The van der Waals surface area contributed by atoms with Gasteiger partial charge >= 0.3 is 0 Å². The number of carbonyl (C=O) groups is 1. The molecule has 0 aliphatic carbocycles. The van der Waals surface area contributed by atoms with Gasteiger partial charge in [0.15, 0.2) is 0 Å². The van der Waals surface area contributed by atoms with Crippen LogP contribution >= 0.6 is 22.6 Å². The van der Waals surface area contributed by atoms with Crippen LogP contribution in [0.4, 0.5) is 5.82 Å². The fourth-order valence-corrected chi connectivity index (χ4v) is 2.81. The molecule has 92 valence electrons. The Morgan fingerprint density at radius 1 is 1.65 bits per heavy atom. The maximum Gasteiger partial charge on any atom is 0.227 e. The number of halogens is 1. The van der Waals surface area contributed by atoms with Gasteiger partial charge in [-0.1, -0.05) is 0 Å². The van der Waals surface area contributed by atoms with Crippen molar-refractivity contribution >= 4 is 34.3 Å². The van der Waals surface area contributed by atoms with Crippen LogP contribution in [0, 0.1) is 8.99 Å². The van der Waals surface area contributed by atoms with Crippen LogP contribution in [0.25, 0.3) is 0 Å². The minimum atomic E-state index is -0.317. The highest BCUT2D eigenvalue weighted by Gasteiger charge is 2.40. The summed E-state index contributed by atoms with van der Waals surface area (Å²) in [4.78, 5) is 22.2. The quantitative estimate of drug-likeness (QED) is 0.814. The maximum atomic E-state index is 11.8. The van der Waals surface area contributed by atoms with Gasteiger partial charge in [-0.15, -0.1) is 0 Å². The summed E-state index contributed by atoms with van der Waals surface area (Å²) >= 11 is 2.22. The summed E-state index contributed by atoms with van der Waals surface area (Å²) in [6.07, 6.45) is 4.19. The Kier molecular flexibility index (Phi) is 3.50. The Bertz CT molecular complexity index is 439. The molecular formula is C11H15IN4O. The smallest absolute Gasteiger partial charge is 0.227 e. The topological polar surface area (TPSA) is 58.1 Å². The number of amides is 1. The van der Waals surface area contributed by atoms with Gasteiger partial charge in [0.05, 0.1) is 8.99 Å². The molecule has 6 heteroatoms. The summed E-state index contributed by atoms with van der Waals surface area (Å²) in [5, 5.41) is 2.73. The molecule has 17 heavy (non-hydrogen) atoms. The van der Waals surface area contributed by atoms with E-state index in [0.29, 0.717) is 6.54 Å². The van der Waals surface area contributed by atoms with E-state index in [1.807, 2.05) is 6.92 Å². The summed E-state index contributed by atoms with van der Waals surface area (Å²) in [5.74, 6) is 1.03. The minimum Gasteiger partial charge on any atom is -0.359 e. The van der Waals surface area contributed by atoms with E-state index in [4.69, 9.17) is 0 Å². The fourth-order valence-electron chi connectivity index (χ4n) is 2.17. The van der Waals surface area contributed by atoms with E-state index in [1.165, 1.54) is 0 Å². The third-order valence-electron chi connectivity index (χ3n) is 3.20. The van der Waals surface area contributed by atoms with Gasteiger partial charge in [-0.25, -0.2) is 9.97 Å². The molecule has 1 fully saturated rings. The predicted molar refractivity (Wildman–Crippen MR) is 73.8 cm³/mol. The zero-order chi connectivity index (χ0) is 12.5. The van der Waals surface area contributed by atoms with Crippen LogP contribution in [0.5, 0.6) is 0 Å². The molecule has 1 aliphatic heterocycles. The van der Waals surface area contributed by atoms with Gasteiger partial charge in [-0.3, -0.25) is 4.79 Å². The molecule has 0 aromatic carbocycles. The highest BCUT2D eigenvalue weighted by atomic mass is 127. The molecule has 0 spiro atoms. The van der Waals surface area contributed by atoms with Gasteiger partial charge in [0, 0.05) is 26.3 Å². The van der Waals surface area contributed by atoms with E-state index < -0.39 is 0 Å². The van der Waals surface area contributed by atoms with Crippen LogP contribution in [0.15, 0.2) is 12.5 Å². The molecule has 1 saturated heterocycles. The predicted octanol–water partition coefficient (Wildman–Crippen LogP) is 1.04. The van der Waals surface area contributed by atoms with Gasteiger partial charge in [-0.2, -0.15) is 0 Å².